The van der Waals surface area contributed by atoms with Gasteiger partial charge in [0.15, 0.2) is 0 Å². The highest BCUT2D eigenvalue weighted by Gasteiger charge is 2.27. The molecule has 0 saturated carbocycles. The fourth-order valence-electron chi connectivity index (χ4n) is 3.40. The molecule has 0 spiro atoms. The van der Waals surface area contributed by atoms with Gasteiger partial charge in [0.1, 0.15) is 0 Å². The third-order valence-electron chi connectivity index (χ3n) is 5.20. The molecule has 1 saturated heterocycles. The van der Waals surface area contributed by atoms with Crippen molar-refractivity contribution in [1.82, 2.24) is 20.0 Å². The van der Waals surface area contributed by atoms with E-state index in [1.165, 1.54) is 5.69 Å². The summed E-state index contributed by atoms with van der Waals surface area (Å²) in [5, 5.41) is 8.23. The van der Waals surface area contributed by atoms with Crippen LogP contribution in [-0.2, 0) is 11.8 Å². The number of carbonyl (C=O) groups excluding carboxylic acids is 1. The first-order valence-corrected chi connectivity index (χ1v) is 9.01. The van der Waals surface area contributed by atoms with Crippen LogP contribution in [-0.4, -0.2) is 39.7 Å². The Labute approximate surface area is 140 Å². The number of aryl methyl sites for hydroxylation is 2. The van der Waals surface area contributed by atoms with Crippen molar-refractivity contribution in [3.63, 3.8) is 0 Å². The predicted molar refractivity (Wildman–Crippen MR) is 93.2 cm³/mol. The van der Waals surface area contributed by atoms with Gasteiger partial charge in [-0.05, 0) is 45.6 Å². The van der Waals surface area contributed by atoms with Crippen molar-refractivity contribution in [2.45, 2.75) is 65.5 Å². The molecule has 1 amide bonds. The third kappa shape index (κ3) is 4.34. The van der Waals surface area contributed by atoms with Crippen molar-refractivity contribution in [3.8, 4) is 0 Å². The van der Waals surface area contributed by atoms with Crippen LogP contribution in [0.15, 0.2) is 6.07 Å². The minimum atomic E-state index is 0.204. The topological polar surface area (TPSA) is 50.2 Å². The second-order valence-corrected chi connectivity index (χ2v) is 6.84. The standard InChI is InChI=1S/C18H32N4O/c1-6-15(7-2)18(23)22-10-8-16(9-11-22)19-14(4)17-12-13(3)21(5)20-17/h12,14-16,19H,6-11H2,1-5H3/t14-/m0/s1. The Morgan fingerprint density at radius 3 is 2.43 bits per heavy atom. The maximum atomic E-state index is 12.4. The Morgan fingerprint density at radius 2 is 1.96 bits per heavy atom. The molecule has 0 unspecified atom stereocenters. The molecule has 1 aliphatic heterocycles. The van der Waals surface area contributed by atoms with Gasteiger partial charge in [-0.2, -0.15) is 5.10 Å². The molecule has 0 bridgehead atoms. The van der Waals surface area contributed by atoms with Gasteiger partial charge in [0, 0.05) is 43.8 Å². The summed E-state index contributed by atoms with van der Waals surface area (Å²) in [6.45, 7) is 10.2. The smallest absolute Gasteiger partial charge is 0.225 e. The lowest BCUT2D eigenvalue weighted by Gasteiger charge is -2.35. The van der Waals surface area contributed by atoms with Crippen molar-refractivity contribution < 1.29 is 4.79 Å². The van der Waals surface area contributed by atoms with Crippen LogP contribution in [0, 0.1) is 12.8 Å². The Bertz CT molecular complexity index is 494. The van der Waals surface area contributed by atoms with Gasteiger partial charge in [-0.1, -0.05) is 13.8 Å². The molecule has 23 heavy (non-hydrogen) atoms. The number of piperidine rings is 1. The summed E-state index contributed by atoms with van der Waals surface area (Å²) in [6.07, 6.45) is 3.96. The van der Waals surface area contributed by atoms with E-state index in [-0.39, 0.29) is 12.0 Å². The average molecular weight is 320 g/mol. The Hall–Kier alpha value is -1.36. The Kier molecular flexibility index (Phi) is 6.22. The molecule has 0 radical (unpaired) electrons. The maximum absolute atomic E-state index is 12.4. The zero-order valence-corrected chi connectivity index (χ0v) is 15.3. The summed E-state index contributed by atoms with van der Waals surface area (Å²) in [4.78, 5) is 14.5. The highest BCUT2D eigenvalue weighted by atomic mass is 16.2. The Morgan fingerprint density at radius 1 is 1.35 bits per heavy atom. The first kappa shape index (κ1) is 18.0. The molecule has 1 fully saturated rings. The lowest BCUT2D eigenvalue weighted by atomic mass is 9.98. The van der Waals surface area contributed by atoms with E-state index in [4.69, 9.17) is 0 Å². The lowest BCUT2D eigenvalue weighted by Crippen LogP contribution is -2.47. The minimum absolute atomic E-state index is 0.204. The first-order valence-electron chi connectivity index (χ1n) is 9.01. The largest absolute Gasteiger partial charge is 0.342 e. The van der Waals surface area contributed by atoms with Crippen LogP contribution in [0.25, 0.3) is 0 Å². The monoisotopic (exact) mass is 320 g/mol. The van der Waals surface area contributed by atoms with Crippen LogP contribution in [0.5, 0.6) is 0 Å². The van der Waals surface area contributed by atoms with Gasteiger partial charge in [0.25, 0.3) is 0 Å². The summed E-state index contributed by atoms with van der Waals surface area (Å²) in [7, 11) is 1.98. The number of aromatic nitrogens is 2. The van der Waals surface area contributed by atoms with E-state index in [2.05, 4.69) is 49.1 Å². The molecule has 2 rings (SSSR count). The van der Waals surface area contributed by atoms with Crippen LogP contribution in [0.4, 0.5) is 0 Å². The summed E-state index contributed by atoms with van der Waals surface area (Å²) < 4.78 is 1.92. The van der Waals surface area contributed by atoms with Crippen molar-refractivity contribution in [2.75, 3.05) is 13.1 Å². The number of nitrogens with zero attached hydrogens (tertiary/aromatic N) is 3. The average Bonchev–Trinajstić information content (AvgIpc) is 2.88. The van der Waals surface area contributed by atoms with Crippen LogP contribution >= 0.6 is 0 Å². The fraction of sp³-hybridized carbons (Fsp3) is 0.778. The number of carbonyl (C=O) groups is 1. The number of rotatable bonds is 6. The van der Waals surface area contributed by atoms with Gasteiger partial charge in [-0.25, -0.2) is 0 Å². The SMILES string of the molecule is CCC(CC)C(=O)N1CCC(N[C@@H](C)c2cc(C)n(C)n2)CC1. The highest BCUT2D eigenvalue weighted by Crippen LogP contribution is 2.20. The van der Waals surface area contributed by atoms with E-state index in [1.807, 2.05) is 11.7 Å². The molecule has 2 heterocycles. The zero-order chi connectivity index (χ0) is 17.0. The number of nitrogens with one attached hydrogen (secondary N) is 1. The summed E-state index contributed by atoms with van der Waals surface area (Å²) in [5.74, 6) is 0.553. The maximum Gasteiger partial charge on any atom is 0.225 e. The molecule has 130 valence electrons. The predicted octanol–water partition coefficient (Wildman–Crippen LogP) is 2.81. The summed E-state index contributed by atoms with van der Waals surface area (Å²) in [5.41, 5.74) is 2.28. The molecule has 0 aromatic carbocycles. The molecule has 1 aliphatic rings. The van der Waals surface area contributed by atoms with E-state index in [0.29, 0.717) is 11.9 Å². The van der Waals surface area contributed by atoms with Crippen molar-refractivity contribution in [1.29, 1.82) is 0 Å². The molecule has 1 N–H and O–H groups in total. The van der Waals surface area contributed by atoms with E-state index in [9.17, 15) is 4.79 Å². The highest BCUT2D eigenvalue weighted by molar-refractivity contribution is 5.78. The van der Waals surface area contributed by atoms with Gasteiger partial charge >= 0.3 is 0 Å². The molecule has 5 heteroatoms. The zero-order valence-electron chi connectivity index (χ0n) is 15.3. The number of likely N-dealkylation sites (tertiary alicyclic amines) is 1. The summed E-state index contributed by atoms with van der Waals surface area (Å²) in [6, 6.07) is 2.86. The second-order valence-electron chi connectivity index (χ2n) is 6.84. The van der Waals surface area contributed by atoms with E-state index >= 15 is 0 Å². The van der Waals surface area contributed by atoms with Crippen molar-refractivity contribution >= 4 is 5.91 Å². The van der Waals surface area contributed by atoms with E-state index < -0.39 is 0 Å². The minimum Gasteiger partial charge on any atom is -0.342 e. The molecule has 1 aromatic heterocycles. The molecular weight excluding hydrogens is 288 g/mol. The second kappa shape index (κ2) is 7.95. The molecular formula is C18H32N4O. The van der Waals surface area contributed by atoms with Crippen LogP contribution < -0.4 is 5.32 Å². The van der Waals surface area contributed by atoms with Crippen molar-refractivity contribution in [2.24, 2.45) is 13.0 Å². The van der Waals surface area contributed by atoms with Gasteiger partial charge in [0.2, 0.25) is 5.91 Å². The van der Waals surface area contributed by atoms with Crippen LogP contribution in [0.2, 0.25) is 0 Å². The van der Waals surface area contributed by atoms with Crippen LogP contribution in [0.3, 0.4) is 0 Å². The first-order chi connectivity index (χ1) is 11.0. The number of hydrogen-bond donors (Lipinski definition) is 1. The molecule has 1 atom stereocenters. The Balaban J connectivity index is 1.83. The van der Waals surface area contributed by atoms with Gasteiger partial charge in [-0.3, -0.25) is 9.48 Å². The van der Waals surface area contributed by atoms with Crippen molar-refractivity contribution in [3.05, 3.63) is 17.5 Å². The van der Waals surface area contributed by atoms with Gasteiger partial charge in [0.05, 0.1) is 5.69 Å². The quantitative estimate of drug-likeness (QED) is 0.877. The van der Waals surface area contributed by atoms with Gasteiger partial charge in [-0.15, -0.1) is 0 Å². The molecule has 5 nitrogen and oxygen atoms in total. The lowest BCUT2D eigenvalue weighted by molar-refractivity contribution is -0.136. The summed E-state index contributed by atoms with van der Waals surface area (Å²) >= 11 is 0. The van der Waals surface area contributed by atoms with Crippen LogP contribution in [0.1, 0.15) is 63.9 Å². The van der Waals surface area contributed by atoms with Gasteiger partial charge < -0.3 is 10.2 Å². The molecule has 0 aliphatic carbocycles. The fourth-order valence-corrected chi connectivity index (χ4v) is 3.40. The number of hydrogen-bond acceptors (Lipinski definition) is 3. The number of amides is 1. The van der Waals surface area contributed by atoms with E-state index in [0.717, 1.165) is 44.5 Å². The van der Waals surface area contributed by atoms with E-state index in [1.54, 1.807) is 0 Å². The normalized spacial score (nSPS) is 17.7. The third-order valence-corrected chi connectivity index (χ3v) is 5.20. The molecule has 1 aromatic rings.